The van der Waals surface area contributed by atoms with E-state index in [1.54, 1.807) is 0 Å². The molecule has 0 aromatic heterocycles. The highest BCUT2D eigenvalue weighted by Gasteiger charge is 2.71. The predicted octanol–water partition coefficient (Wildman–Crippen LogP) is 5.71. The van der Waals surface area contributed by atoms with Crippen LogP contribution in [0.4, 0.5) is 0 Å². The summed E-state index contributed by atoms with van der Waals surface area (Å²) in [6, 6.07) is 2.22. The lowest BCUT2D eigenvalue weighted by Crippen LogP contribution is -2.66. The molecule has 5 aliphatic rings. The van der Waals surface area contributed by atoms with Crippen molar-refractivity contribution in [2.75, 3.05) is 13.7 Å². The summed E-state index contributed by atoms with van der Waals surface area (Å²) in [6.45, 7) is 14.4. The highest BCUT2D eigenvalue weighted by molar-refractivity contribution is 5.96. The molecule has 0 aliphatic heterocycles. The van der Waals surface area contributed by atoms with E-state index in [2.05, 4.69) is 40.7 Å². The zero-order valence-electron chi connectivity index (χ0n) is 26.1. The first-order chi connectivity index (χ1) is 19.0. The number of fused-ring (bicyclic) bond motifs is 7. The molecule has 7 nitrogen and oxygen atoms in total. The first kappa shape index (κ1) is 30.0. The molecule has 5 aliphatic carbocycles. The number of carbonyl (C=O) groups excluding carboxylic acids is 3. The zero-order valence-corrected chi connectivity index (χ0v) is 26.1. The summed E-state index contributed by atoms with van der Waals surface area (Å²) < 4.78 is 10.9. The number of ketones is 1. The van der Waals surface area contributed by atoms with Crippen LogP contribution in [0, 0.1) is 61.6 Å². The molecule has 7 heteroatoms. The average molecular weight is 566 g/mol. The number of ether oxygens (including phenoxy) is 2. The van der Waals surface area contributed by atoms with Crippen molar-refractivity contribution in [2.45, 2.75) is 99.5 Å². The van der Waals surface area contributed by atoms with Gasteiger partial charge in [0.1, 0.15) is 0 Å². The van der Waals surface area contributed by atoms with Crippen LogP contribution < -0.4 is 0 Å². The van der Waals surface area contributed by atoms with Gasteiger partial charge in [0.05, 0.1) is 36.9 Å². The van der Waals surface area contributed by atoms with Gasteiger partial charge in [0.2, 0.25) is 0 Å². The Labute approximate surface area is 244 Å². The summed E-state index contributed by atoms with van der Waals surface area (Å²) in [5.74, 6) is -1.07. The number of hydrogen-bond acceptors (Lipinski definition) is 7. The Morgan fingerprint density at radius 2 is 1.73 bits per heavy atom. The van der Waals surface area contributed by atoms with E-state index in [-0.39, 0.29) is 57.9 Å². The van der Waals surface area contributed by atoms with E-state index in [1.807, 2.05) is 19.1 Å². The van der Waals surface area contributed by atoms with Gasteiger partial charge < -0.3 is 14.6 Å². The maximum absolute atomic E-state index is 14.5. The Morgan fingerprint density at radius 1 is 1.07 bits per heavy atom. The quantitative estimate of drug-likeness (QED) is 0.436. The lowest BCUT2D eigenvalue weighted by molar-refractivity contribution is -0.192. The third-order valence-electron chi connectivity index (χ3n) is 13.1. The van der Waals surface area contributed by atoms with Crippen LogP contribution in [0.3, 0.4) is 0 Å². The Bertz CT molecular complexity index is 1290. The monoisotopic (exact) mass is 565 g/mol. The summed E-state index contributed by atoms with van der Waals surface area (Å²) in [6.07, 6.45) is 8.15. The van der Waals surface area contributed by atoms with Gasteiger partial charge in [-0.2, -0.15) is 5.26 Å². The van der Waals surface area contributed by atoms with E-state index in [0.717, 1.165) is 44.1 Å². The molecule has 1 N–H and O–H groups in total. The highest BCUT2D eigenvalue weighted by atomic mass is 16.5. The van der Waals surface area contributed by atoms with Gasteiger partial charge >= 0.3 is 11.9 Å². The number of methoxy groups -OCH3 is 1. The van der Waals surface area contributed by atoms with Gasteiger partial charge in [0.25, 0.3) is 0 Å². The molecule has 5 rings (SSSR count). The van der Waals surface area contributed by atoms with Crippen LogP contribution in [-0.4, -0.2) is 42.6 Å². The van der Waals surface area contributed by atoms with E-state index in [9.17, 15) is 24.8 Å². The van der Waals surface area contributed by atoms with Gasteiger partial charge in [-0.25, -0.2) is 0 Å². The van der Waals surface area contributed by atoms with Gasteiger partial charge in [0, 0.05) is 23.7 Å². The van der Waals surface area contributed by atoms with Crippen molar-refractivity contribution in [1.82, 2.24) is 0 Å². The number of aliphatic hydroxyl groups excluding tert-OH is 1. The number of nitrogens with zero attached hydrogens (tertiary/aromatic N) is 1. The van der Waals surface area contributed by atoms with Crippen molar-refractivity contribution in [3.63, 3.8) is 0 Å². The Balaban J connectivity index is 1.67. The van der Waals surface area contributed by atoms with Gasteiger partial charge in [-0.05, 0) is 79.1 Å². The fraction of sp³-hybridized carbons (Fsp3) is 0.765. The van der Waals surface area contributed by atoms with Crippen LogP contribution in [0.25, 0.3) is 0 Å². The van der Waals surface area contributed by atoms with Crippen LogP contribution in [-0.2, 0) is 23.9 Å². The first-order valence-corrected chi connectivity index (χ1v) is 15.2. The van der Waals surface area contributed by atoms with Gasteiger partial charge in [0.15, 0.2) is 5.78 Å². The summed E-state index contributed by atoms with van der Waals surface area (Å²) in [5, 5.41) is 21.5. The molecule has 0 bridgehead atoms. The fourth-order valence-corrected chi connectivity index (χ4v) is 10.6. The molecule has 0 heterocycles. The summed E-state index contributed by atoms with van der Waals surface area (Å²) in [5.41, 5.74) is -1.66. The molecule has 0 saturated heterocycles. The zero-order chi connectivity index (χ0) is 30.4. The van der Waals surface area contributed by atoms with Crippen LogP contribution in [0.5, 0.6) is 0 Å². The standard InChI is InChI=1S/C34H47NO6/c1-20(36)41-19-31(5)24-9-10-32(6)25(30(24,4)16-21(18-35)27(31)38)15-23(37)26-22-17-29(2,3)11-13-34(22,28(39)40-8)14-12-33(26,32)7/h15-16,22,24,26-27,38H,9-14,17,19H2,1-8H3/t22?,24-,26?,27?,30+,31+,32-,33-,34+/m1/s1. The van der Waals surface area contributed by atoms with Gasteiger partial charge in [-0.3, -0.25) is 14.4 Å². The van der Waals surface area contributed by atoms with Crippen molar-refractivity contribution in [1.29, 1.82) is 5.26 Å². The molecule has 41 heavy (non-hydrogen) atoms. The molecule has 0 aromatic carbocycles. The Kier molecular flexibility index (Phi) is 6.78. The molecule has 0 radical (unpaired) electrons. The molecule has 3 fully saturated rings. The molecular weight excluding hydrogens is 518 g/mol. The summed E-state index contributed by atoms with van der Waals surface area (Å²) >= 11 is 0. The predicted molar refractivity (Wildman–Crippen MR) is 153 cm³/mol. The number of esters is 2. The maximum Gasteiger partial charge on any atom is 0.312 e. The lowest BCUT2D eigenvalue weighted by Gasteiger charge is -2.69. The van der Waals surface area contributed by atoms with E-state index in [0.29, 0.717) is 6.42 Å². The second-order valence-corrected chi connectivity index (χ2v) is 15.6. The van der Waals surface area contributed by atoms with Crippen molar-refractivity contribution in [2.24, 2.45) is 50.2 Å². The van der Waals surface area contributed by atoms with E-state index < -0.39 is 28.3 Å². The number of rotatable bonds is 3. The Morgan fingerprint density at radius 3 is 2.34 bits per heavy atom. The number of nitriles is 1. The third-order valence-corrected chi connectivity index (χ3v) is 13.1. The number of allylic oxidation sites excluding steroid dienone is 3. The second-order valence-electron chi connectivity index (χ2n) is 15.6. The van der Waals surface area contributed by atoms with Crippen molar-refractivity contribution in [3.05, 3.63) is 23.3 Å². The molecule has 0 aromatic rings. The average Bonchev–Trinajstić information content (AvgIpc) is 2.90. The maximum atomic E-state index is 14.5. The third kappa shape index (κ3) is 3.88. The van der Waals surface area contributed by atoms with Crippen LogP contribution >= 0.6 is 0 Å². The molecule has 0 spiro atoms. The van der Waals surface area contributed by atoms with E-state index in [4.69, 9.17) is 9.47 Å². The largest absolute Gasteiger partial charge is 0.469 e. The fourth-order valence-electron chi connectivity index (χ4n) is 10.6. The minimum absolute atomic E-state index is 0.000579. The minimum Gasteiger partial charge on any atom is -0.469 e. The Hall–Kier alpha value is -2.46. The topological polar surface area (TPSA) is 114 Å². The summed E-state index contributed by atoms with van der Waals surface area (Å²) in [4.78, 5) is 39.8. The minimum atomic E-state index is -1.07. The number of aliphatic hydroxyl groups is 1. The van der Waals surface area contributed by atoms with Crippen molar-refractivity contribution < 1.29 is 29.0 Å². The number of hydrogen-bond donors (Lipinski definition) is 1. The lowest BCUT2D eigenvalue weighted by atomic mass is 9.34. The van der Waals surface area contributed by atoms with E-state index in [1.165, 1.54) is 14.0 Å². The number of carbonyl (C=O) groups is 3. The first-order valence-electron chi connectivity index (χ1n) is 15.2. The van der Waals surface area contributed by atoms with Crippen molar-refractivity contribution in [3.8, 4) is 6.07 Å². The molecular formula is C34H47NO6. The molecule has 0 amide bonds. The van der Waals surface area contributed by atoms with Gasteiger partial charge in [-0.1, -0.05) is 53.2 Å². The SMILES string of the molecule is COC(=O)[C@]12CCC(C)(C)CC1C1C(=O)C=C3[C@@]4(C)C=C(C#N)C(O)[C@@](C)(COC(C)=O)[C@@H]4CC[C@@]3(C)[C@]1(C)CC2. The second kappa shape index (κ2) is 9.27. The molecule has 224 valence electrons. The van der Waals surface area contributed by atoms with Crippen LogP contribution in [0.2, 0.25) is 0 Å². The molecule has 3 unspecified atom stereocenters. The normalized spacial score (nSPS) is 46.3. The smallest absolute Gasteiger partial charge is 0.312 e. The van der Waals surface area contributed by atoms with Gasteiger partial charge in [-0.15, -0.1) is 0 Å². The molecule has 3 saturated carbocycles. The molecule has 9 atom stereocenters. The van der Waals surface area contributed by atoms with E-state index >= 15 is 0 Å². The van der Waals surface area contributed by atoms with Crippen molar-refractivity contribution >= 4 is 17.7 Å². The highest BCUT2D eigenvalue weighted by Crippen LogP contribution is 2.74. The van der Waals surface area contributed by atoms with Crippen LogP contribution in [0.15, 0.2) is 23.3 Å². The summed E-state index contributed by atoms with van der Waals surface area (Å²) in [7, 11) is 1.47. The van der Waals surface area contributed by atoms with Crippen LogP contribution in [0.1, 0.15) is 93.4 Å².